The van der Waals surface area contributed by atoms with E-state index < -0.39 is 24.1 Å². The third-order valence-electron chi connectivity index (χ3n) is 4.03. The summed E-state index contributed by atoms with van der Waals surface area (Å²) in [5.74, 6) is -2.45. The molecule has 0 fully saturated rings. The number of rotatable bonds is 6. The summed E-state index contributed by atoms with van der Waals surface area (Å²) in [5, 5.41) is 20.9. The van der Waals surface area contributed by atoms with Crippen LogP contribution in [0, 0.1) is 12.7 Å². The zero-order chi connectivity index (χ0) is 19.0. The Labute approximate surface area is 149 Å². The van der Waals surface area contributed by atoms with Gasteiger partial charge in [0, 0.05) is 23.7 Å². The molecule has 2 N–H and O–H groups in total. The first kappa shape index (κ1) is 18.1. The lowest BCUT2D eigenvalue weighted by molar-refractivity contribution is -0.136. The average molecular weight is 385 g/mol. The van der Waals surface area contributed by atoms with Gasteiger partial charge in [0.05, 0.1) is 11.9 Å². The number of nitrogens with zero attached hydrogens (tertiary/aromatic N) is 1. The van der Waals surface area contributed by atoms with Crippen molar-refractivity contribution in [2.45, 2.75) is 26.5 Å². The Morgan fingerprint density at radius 2 is 2.08 bits per heavy atom. The van der Waals surface area contributed by atoms with Gasteiger partial charge in [0.1, 0.15) is 0 Å². The zero-order valence-electron chi connectivity index (χ0n) is 13.5. The number of carboxylic acid groups (broad SMARTS) is 1. The Balaban J connectivity index is 2.07. The molecule has 26 heavy (non-hydrogen) atoms. The largest absolute Gasteiger partial charge is 0.505 e. The topological polar surface area (TPSA) is 71.7 Å². The molecule has 0 amide bonds. The first-order valence-electron chi connectivity index (χ1n) is 7.50. The van der Waals surface area contributed by atoms with E-state index in [1.54, 1.807) is 16.9 Å². The number of aromatic hydroxyl groups is 1. The summed E-state index contributed by atoms with van der Waals surface area (Å²) in [6, 6.07) is 3.78. The molecule has 3 rings (SSSR count). The summed E-state index contributed by atoms with van der Waals surface area (Å²) in [4.78, 5) is 11.2. The Morgan fingerprint density at radius 3 is 2.73 bits per heavy atom. The maximum Gasteiger partial charge on any atom is 0.388 e. The van der Waals surface area contributed by atoms with Crippen molar-refractivity contribution in [3.05, 3.63) is 46.2 Å². The minimum absolute atomic E-state index is 0.0544. The van der Waals surface area contributed by atoms with Gasteiger partial charge in [-0.1, -0.05) is 0 Å². The molecule has 0 unspecified atom stereocenters. The number of fused-ring (bicyclic) bond motifs is 1. The van der Waals surface area contributed by atoms with Crippen LogP contribution in [0.2, 0.25) is 0 Å². The molecule has 2 aromatic heterocycles. The number of carbonyl (C=O) groups is 1. The summed E-state index contributed by atoms with van der Waals surface area (Å²) >= 11 is 1.01. The summed E-state index contributed by atoms with van der Waals surface area (Å²) in [6.07, 6.45) is -0.288. The van der Waals surface area contributed by atoms with E-state index in [2.05, 4.69) is 4.74 Å². The highest BCUT2D eigenvalue weighted by atomic mass is 32.1. The molecule has 9 heteroatoms. The zero-order valence-corrected chi connectivity index (χ0v) is 14.3. The summed E-state index contributed by atoms with van der Waals surface area (Å²) < 4.78 is 44.5. The molecule has 0 aliphatic heterocycles. The summed E-state index contributed by atoms with van der Waals surface area (Å²) in [7, 11) is 0. The number of carboxylic acids is 1. The quantitative estimate of drug-likeness (QED) is 0.669. The van der Waals surface area contributed by atoms with E-state index in [4.69, 9.17) is 5.11 Å². The molecule has 0 saturated carbocycles. The maximum absolute atomic E-state index is 13.8. The molecule has 138 valence electrons. The second kappa shape index (κ2) is 6.91. The number of aromatic nitrogens is 1. The standard InChI is InChI=1S/C17H14F3NO4S/c1-8-10(4-15(23)24)11-3-14(22)12(18)5-13(11)21(8)6-9-2-16(26-7-9)25-17(19)20/h2-3,5,7,17,22H,4,6H2,1H3,(H,23,24). The lowest BCUT2D eigenvalue weighted by Gasteiger charge is -2.08. The molecule has 0 atom stereocenters. The highest BCUT2D eigenvalue weighted by Gasteiger charge is 2.19. The average Bonchev–Trinajstić information content (AvgIpc) is 3.06. The van der Waals surface area contributed by atoms with Crippen molar-refractivity contribution in [1.29, 1.82) is 0 Å². The highest BCUT2D eigenvalue weighted by molar-refractivity contribution is 7.12. The van der Waals surface area contributed by atoms with E-state index in [0.717, 1.165) is 17.4 Å². The lowest BCUT2D eigenvalue weighted by atomic mass is 10.1. The van der Waals surface area contributed by atoms with Gasteiger partial charge in [-0.3, -0.25) is 4.79 Å². The van der Waals surface area contributed by atoms with Crippen LogP contribution in [0.15, 0.2) is 23.6 Å². The predicted molar refractivity (Wildman–Crippen MR) is 89.7 cm³/mol. The molecular formula is C17H14F3NO4S. The predicted octanol–water partition coefficient (Wildman–Crippen LogP) is 4.13. The minimum Gasteiger partial charge on any atom is -0.505 e. The molecule has 0 bridgehead atoms. The number of hydrogen-bond donors (Lipinski definition) is 2. The van der Waals surface area contributed by atoms with Gasteiger partial charge in [-0.05, 0) is 35.6 Å². The van der Waals surface area contributed by atoms with Gasteiger partial charge in [0.25, 0.3) is 0 Å². The Kier molecular flexibility index (Phi) is 4.82. The molecule has 0 radical (unpaired) electrons. The van der Waals surface area contributed by atoms with E-state index in [9.17, 15) is 23.1 Å². The first-order chi connectivity index (χ1) is 12.3. The number of halogens is 3. The van der Waals surface area contributed by atoms with Crippen molar-refractivity contribution in [2.24, 2.45) is 0 Å². The highest BCUT2D eigenvalue weighted by Crippen LogP contribution is 2.33. The van der Waals surface area contributed by atoms with E-state index >= 15 is 0 Å². The number of hydrogen-bond acceptors (Lipinski definition) is 4. The van der Waals surface area contributed by atoms with Crippen molar-refractivity contribution in [2.75, 3.05) is 0 Å². The molecule has 1 aromatic carbocycles. The third kappa shape index (κ3) is 3.48. The molecular weight excluding hydrogens is 371 g/mol. The van der Waals surface area contributed by atoms with E-state index in [1.807, 2.05) is 0 Å². The van der Waals surface area contributed by atoms with Crippen LogP contribution in [0.1, 0.15) is 16.8 Å². The van der Waals surface area contributed by atoms with Crippen LogP contribution in [0.3, 0.4) is 0 Å². The van der Waals surface area contributed by atoms with Crippen LogP contribution in [-0.2, 0) is 17.8 Å². The fourth-order valence-electron chi connectivity index (χ4n) is 2.90. The second-order valence-corrected chi connectivity index (χ2v) is 6.57. The molecule has 3 aromatic rings. The van der Waals surface area contributed by atoms with Crippen LogP contribution >= 0.6 is 11.3 Å². The second-order valence-electron chi connectivity index (χ2n) is 5.69. The summed E-state index contributed by atoms with van der Waals surface area (Å²) in [6.45, 7) is -1.01. The van der Waals surface area contributed by atoms with Crippen LogP contribution in [0.4, 0.5) is 13.2 Å². The molecule has 0 aliphatic rings. The Bertz CT molecular complexity index is 980. The van der Waals surface area contributed by atoms with Gasteiger partial charge in [-0.2, -0.15) is 8.78 Å². The van der Waals surface area contributed by atoms with E-state index in [1.165, 1.54) is 12.1 Å². The van der Waals surface area contributed by atoms with Gasteiger partial charge >= 0.3 is 12.6 Å². The fraction of sp³-hybridized carbons (Fsp3) is 0.235. The van der Waals surface area contributed by atoms with Gasteiger partial charge in [0.2, 0.25) is 0 Å². The number of phenolic OH excluding ortho intramolecular Hbond substituents is 1. The normalized spacial score (nSPS) is 11.4. The molecule has 5 nitrogen and oxygen atoms in total. The number of thiophene rings is 1. The van der Waals surface area contributed by atoms with Crippen LogP contribution in [0.25, 0.3) is 10.9 Å². The molecule has 0 aliphatic carbocycles. The number of aliphatic carboxylic acids is 1. The van der Waals surface area contributed by atoms with Gasteiger partial charge in [-0.15, -0.1) is 11.3 Å². The molecule has 0 spiro atoms. The monoisotopic (exact) mass is 385 g/mol. The number of phenols is 1. The third-order valence-corrected chi connectivity index (χ3v) is 4.89. The lowest BCUT2D eigenvalue weighted by Crippen LogP contribution is -2.04. The van der Waals surface area contributed by atoms with Crippen molar-refractivity contribution in [3.8, 4) is 10.8 Å². The maximum atomic E-state index is 13.8. The van der Waals surface area contributed by atoms with Crippen LogP contribution in [0.5, 0.6) is 10.8 Å². The smallest absolute Gasteiger partial charge is 0.388 e. The van der Waals surface area contributed by atoms with E-state index in [-0.39, 0.29) is 18.0 Å². The fourth-order valence-corrected chi connectivity index (χ4v) is 3.66. The summed E-state index contributed by atoms with van der Waals surface area (Å²) in [5.41, 5.74) is 2.12. The van der Waals surface area contributed by atoms with Crippen molar-refractivity contribution in [3.63, 3.8) is 0 Å². The van der Waals surface area contributed by atoms with Crippen LogP contribution in [-0.4, -0.2) is 27.4 Å². The Hall–Kier alpha value is -2.68. The van der Waals surface area contributed by atoms with Gasteiger partial charge < -0.3 is 19.5 Å². The van der Waals surface area contributed by atoms with Crippen molar-refractivity contribution < 1.29 is 32.9 Å². The van der Waals surface area contributed by atoms with Crippen molar-refractivity contribution in [1.82, 2.24) is 4.57 Å². The van der Waals surface area contributed by atoms with Gasteiger partial charge in [0.15, 0.2) is 16.6 Å². The van der Waals surface area contributed by atoms with Crippen molar-refractivity contribution >= 4 is 28.2 Å². The minimum atomic E-state index is -2.92. The number of alkyl halides is 2. The number of benzene rings is 1. The SMILES string of the molecule is Cc1c(CC(=O)O)c2cc(O)c(F)cc2n1Cc1csc(OC(F)F)c1. The number of ether oxygens (including phenoxy) is 1. The van der Waals surface area contributed by atoms with Crippen LogP contribution < -0.4 is 4.74 Å². The van der Waals surface area contributed by atoms with E-state index in [0.29, 0.717) is 27.7 Å². The Morgan fingerprint density at radius 1 is 1.35 bits per heavy atom. The molecule has 0 saturated heterocycles. The van der Waals surface area contributed by atoms with Gasteiger partial charge in [-0.25, -0.2) is 4.39 Å². The molecule has 2 heterocycles. The first-order valence-corrected chi connectivity index (χ1v) is 8.38.